The van der Waals surface area contributed by atoms with E-state index in [0.717, 1.165) is 42.7 Å². The van der Waals surface area contributed by atoms with Crippen LogP contribution in [0.15, 0.2) is 18.5 Å². The van der Waals surface area contributed by atoms with Gasteiger partial charge in [0.05, 0.1) is 12.0 Å². The Hall–Kier alpha value is -2.11. The summed E-state index contributed by atoms with van der Waals surface area (Å²) < 4.78 is 2.23. The van der Waals surface area contributed by atoms with E-state index in [2.05, 4.69) is 45.3 Å². The second kappa shape index (κ2) is 6.18. The molecule has 0 spiro atoms. The second-order valence-electron chi connectivity index (χ2n) is 6.73. The number of rotatable bonds is 4. The summed E-state index contributed by atoms with van der Waals surface area (Å²) in [4.78, 5) is 13.6. The first-order chi connectivity index (χ1) is 11.0. The lowest BCUT2D eigenvalue weighted by Gasteiger charge is -2.29. The molecule has 1 fully saturated rings. The number of hydrogen-bond donors (Lipinski definition) is 2. The Morgan fingerprint density at radius 3 is 2.61 bits per heavy atom. The van der Waals surface area contributed by atoms with Crippen molar-refractivity contribution < 1.29 is 5.11 Å². The molecule has 1 aliphatic rings. The number of aromatic nitrogens is 4. The summed E-state index contributed by atoms with van der Waals surface area (Å²) in [5.41, 5.74) is 1.73. The molecule has 0 radical (unpaired) electrons. The van der Waals surface area contributed by atoms with Gasteiger partial charge in [-0.3, -0.25) is 0 Å². The molecular weight excluding hydrogens is 290 g/mol. The highest BCUT2D eigenvalue weighted by molar-refractivity contribution is 5.72. The van der Waals surface area contributed by atoms with E-state index in [4.69, 9.17) is 0 Å². The predicted octanol–water partition coefficient (Wildman–Crippen LogP) is 3.76. The van der Waals surface area contributed by atoms with Crippen molar-refractivity contribution in [3.8, 4) is 0 Å². The minimum Gasteiger partial charge on any atom is -0.513 e. The monoisotopic (exact) mass is 315 g/mol. The summed E-state index contributed by atoms with van der Waals surface area (Å²) in [5.74, 6) is 2.17. The number of aliphatic hydroxyl groups excluding tert-OH is 1. The highest BCUT2D eigenvalue weighted by Gasteiger charge is 2.26. The minimum absolute atomic E-state index is 0.231. The highest BCUT2D eigenvalue weighted by atomic mass is 16.3. The molecule has 0 amide bonds. The number of anilines is 1. The van der Waals surface area contributed by atoms with E-state index < -0.39 is 0 Å². The number of nitrogens with one attached hydrogen (secondary N) is 1. The van der Waals surface area contributed by atoms with Crippen LogP contribution in [0, 0.1) is 12.8 Å². The van der Waals surface area contributed by atoms with E-state index in [0.29, 0.717) is 17.7 Å². The second-order valence-corrected chi connectivity index (χ2v) is 6.73. The van der Waals surface area contributed by atoms with Crippen LogP contribution in [-0.4, -0.2) is 30.7 Å². The van der Waals surface area contributed by atoms with Crippen LogP contribution in [0.5, 0.6) is 0 Å². The van der Waals surface area contributed by atoms with Crippen LogP contribution in [0.1, 0.15) is 51.4 Å². The molecule has 2 heterocycles. The molecule has 2 N–H and O–H groups in total. The highest BCUT2D eigenvalue weighted by Crippen LogP contribution is 2.36. The maximum atomic E-state index is 9.60. The fraction of sp³-hybridized carbons (Fsp3) is 0.588. The third-order valence-corrected chi connectivity index (χ3v) is 4.56. The molecular formula is C17H25N5O. The molecule has 0 bridgehead atoms. The molecule has 0 atom stereocenters. The standard InChI is InChI=1S/C17H25N5O/c1-10(2)19-17-18-9-15-16(21-17)22(12(4)20-15)14-7-5-13(6-8-14)11(3)23/h9-10,13-14,23H,3,5-8H2,1-2,4H3,(H,18,19,21). The van der Waals surface area contributed by atoms with Gasteiger partial charge >= 0.3 is 0 Å². The molecule has 0 saturated heterocycles. The zero-order chi connectivity index (χ0) is 16.6. The third kappa shape index (κ3) is 3.16. The van der Waals surface area contributed by atoms with Crippen molar-refractivity contribution in [1.82, 2.24) is 19.5 Å². The Morgan fingerprint density at radius 1 is 1.30 bits per heavy atom. The number of nitrogens with zero attached hydrogens (tertiary/aromatic N) is 4. The van der Waals surface area contributed by atoms with Crippen LogP contribution < -0.4 is 5.32 Å². The van der Waals surface area contributed by atoms with Crippen LogP contribution in [0.3, 0.4) is 0 Å². The molecule has 0 aromatic carbocycles. The van der Waals surface area contributed by atoms with Crippen molar-refractivity contribution in [2.45, 2.75) is 58.5 Å². The predicted molar refractivity (Wildman–Crippen MR) is 91.6 cm³/mol. The van der Waals surface area contributed by atoms with Crippen LogP contribution in [0.25, 0.3) is 11.2 Å². The van der Waals surface area contributed by atoms with Gasteiger partial charge in [0.2, 0.25) is 5.95 Å². The number of aryl methyl sites for hydroxylation is 1. The van der Waals surface area contributed by atoms with Crippen molar-refractivity contribution >= 4 is 17.1 Å². The van der Waals surface area contributed by atoms with Gasteiger partial charge in [0.25, 0.3) is 0 Å². The lowest BCUT2D eigenvalue weighted by molar-refractivity contribution is 0.238. The lowest BCUT2D eigenvalue weighted by atomic mass is 9.85. The minimum atomic E-state index is 0.231. The summed E-state index contributed by atoms with van der Waals surface area (Å²) in [7, 11) is 0. The molecule has 2 aromatic rings. The fourth-order valence-electron chi connectivity index (χ4n) is 3.44. The molecule has 1 saturated carbocycles. The molecule has 3 rings (SSSR count). The quantitative estimate of drug-likeness (QED) is 0.840. The number of hydrogen-bond acceptors (Lipinski definition) is 5. The van der Waals surface area contributed by atoms with Crippen molar-refractivity contribution in [3.05, 3.63) is 24.4 Å². The smallest absolute Gasteiger partial charge is 0.224 e. The van der Waals surface area contributed by atoms with Gasteiger partial charge in [-0.1, -0.05) is 6.58 Å². The van der Waals surface area contributed by atoms with Crippen LogP contribution >= 0.6 is 0 Å². The third-order valence-electron chi connectivity index (χ3n) is 4.56. The van der Waals surface area contributed by atoms with Crippen molar-refractivity contribution in [2.24, 2.45) is 5.92 Å². The number of fused-ring (bicyclic) bond motifs is 1. The number of aliphatic hydroxyl groups is 1. The zero-order valence-corrected chi connectivity index (χ0v) is 14.1. The van der Waals surface area contributed by atoms with E-state index in [1.807, 2.05) is 6.92 Å². The molecule has 0 unspecified atom stereocenters. The first kappa shape index (κ1) is 15.8. The average Bonchev–Trinajstić information content (AvgIpc) is 2.82. The van der Waals surface area contributed by atoms with E-state index in [1.165, 1.54) is 0 Å². The molecule has 1 aliphatic carbocycles. The van der Waals surface area contributed by atoms with Crippen LogP contribution in [0.4, 0.5) is 5.95 Å². The van der Waals surface area contributed by atoms with E-state index in [1.54, 1.807) is 6.20 Å². The SMILES string of the molecule is C=C(O)C1CCC(n2c(C)nc3cnc(NC(C)C)nc32)CC1. The molecule has 2 aromatic heterocycles. The van der Waals surface area contributed by atoms with Crippen LogP contribution in [-0.2, 0) is 0 Å². The van der Waals surface area contributed by atoms with E-state index >= 15 is 0 Å². The molecule has 0 aliphatic heterocycles. The summed E-state index contributed by atoms with van der Waals surface area (Å²) in [6.45, 7) is 9.84. The van der Waals surface area contributed by atoms with Crippen molar-refractivity contribution in [3.63, 3.8) is 0 Å². The summed E-state index contributed by atoms with van der Waals surface area (Å²) >= 11 is 0. The van der Waals surface area contributed by atoms with Gasteiger partial charge in [-0.15, -0.1) is 0 Å². The van der Waals surface area contributed by atoms with E-state index in [-0.39, 0.29) is 12.0 Å². The maximum absolute atomic E-state index is 9.60. The van der Waals surface area contributed by atoms with Gasteiger partial charge in [0.1, 0.15) is 11.3 Å². The van der Waals surface area contributed by atoms with E-state index in [9.17, 15) is 5.11 Å². The Balaban J connectivity index is 1.90. The summed E-state index contributed by atoms with van der Waals surface area (Å²) in [6.07, 6.45) is 5.72. The van der Waals surface area contributed by atoms with Gasteiger partial charge in [0.15, 0.2) is 5.65 Å². The Kier molecular flexibility index (Phi) is 4.24. The van der Waals surface area contributed by atoms with Gasteiger partial charge in [-0.25, -0.2) is 9.97 Å². The topological polar surface area (TPSA) is 75.9 Å². The largest absolute Gasteiger partial charge is 0.513 e. The molecule has 6 nitrogen and oxygen atoms in total. The van der Waals surface area contributed by atoms with Gasteiger partial charge in [-0.05, 0) is 46.5 Å². The van der Waals surface area contributed by atoms with Crippen molar-refractivity contribution in [2.75, 3.05) is 5.32 Å². The first-order valence-electron chi connectivity index (χ1n) is 8.31. The lowest BCUT2D eigenvalue weighted by Crippen LogP contribution is -2.20. The van der Waals surface area contributed by atoms with Gasteiger partial charge in [-0.2, -0.15) is 4.98 Å². The molecule has 124 valence electrons. The summed E-state index contributed by atoms with van der Waals surface area (Å²) in [6, 6.07) is 0.660. The summed E-state index contributed by atoms with van der Waals surface area (Å²) in [5, 5.41) is 12.8. The van der Waals surface area contributed by atoms with Crippen LogP contribution in [0.2, 0.25) is 0 Å². The normalized spacial score (nSPS) is 21.7. The van der Waals surface area contributed by atoms with Gasteiger partial charge < -0.3 is 15.0 Å². The fourth-order valence-corrected chi connectivity index (χ4v) is 3.44. The Morgan fingerprint density at radius 2 is 2.00 bits per heavy atom. The zero-order valence-electron chi connectivity index (χ0n) is 14.1. The van der Waals surface area contributed by atoms with Crippen molar-refractivity contribution in [1.29, 1.82) is 0 Å². The number of allylic oxidation sites excluding steroid dienone is 1. The van der Waals surface area contributed by atoms with Gasteiger partial charge in [0, 0.05) is 18.0 Å². The molecule has 6 heteroatoms. The first-order valence-corrected chi connectivity index (χ1v) is 8.31. The Bertz CT molecular complexity index is 713. The molecule has 23 heavy (non-hydrogen) atoms. The maximum Gasteiger partial charge on any atom is 0.224 e. The Labute approximate surface area is 136 Å². The average molecular weight is 315 g/mol. The number of imidazole rings is 1.